The van der Waals surface area contributed by atoms with Gasteiger partial charge in [0.2, 0.25) is 0 Å². The van der Waals surface area contributed by atoms with Gasteiger partial charge in [0.05, 0.1) is 5.56 Å². The third kappa shape index (κ3) is 6.31. The monoisotopic (exact) mass is 390 g/mol. The number of nitrogens with zero attached hydrogens (tertiary/aromatic N) is 1. The molecule has 0 aromatic heterocycles. The Morgan fingerprint density at radius 2 is 1.70 bits per heavy atom. The molecule has 0 aliphatic rings. The summed E-state index contributed by atoms with van der Waals surface area (Å²) in [6.45, 7) is -0.502. The van der Waals surface area contributed by atoms with Crippen molar-refractivity contribution in [2.45, 2.75) is 6.54 Å². The van der Waals surface area contributed by atoms with Gasteiger partial charge >= 0.3 is 5.97 Å². The molecule has 7 nitrogen and oxygen atoms in total. The lowest BCUT2D eigenvalue weighted by Crippen LogP contribution is -2.31. The molecule has 2 rings (SSSR count). The lowest BCUT2D eigenvalue weighted by molar-refractivity contribution is -0.153. The topological polar surface area (TPSA) is 98.9 Å². The summed E-state index contributed by atoms with van der Waals surface area (Å²) in [6.07, 6.45) is 0. The first-order chi connectivity index (χ1) is 12.9. The van der Waals surface area contributed by atoms with Crippen LogP contribution in [0.2, 0.25) is 5.02 Å². The van der Waals surface area contributed by atoms with Crippen LogP contribution in [0.1, 0.15) is 15.9 Å². The molecule has 0 aliphatic heterocycles. The molecular formula is C19H19ClN2O5. The van der Waals surface area contributed by atoms with Crippen LogP contribution in [0, 0.1) is 0 Å². The predicted octanol–water partition coefficient (Wildman–Crippen LogP) is 2.02. The Balaban J connectivity index is 1.78. The maximum Gasteiger partial charge on any atom is 0.344 e. The molecule has 27 heavy (non-hydrogen) atoms. The molecule has 2 N–H and O–H groups in total. The highest BCUT2D eigenvalue weighted by Crippen LogP contribution is 2.17. The zero-order chi connectivity index (χ0) is 19.8. The van der Waals surface area contributed by atoms with Crippen LogP contribution in [0.4, 0.5) is 0 Å². The molecule has 0 unspecified atom stereocenters. The van der Waals surface area contributed by atoms with E-state index in [1.54, 1.807) is 31.3 Å². The zero-order valence-electron chi connectivity index (χ0n) is 14.7. The molecule has 0 spiro atoms. The molecule has 0 aliphatic carbocycles. The number of halogens is 1. The van der Waals surface area contributed by atoms with E-state index in [9.17, 15) is 14.4 Å². The van der Waals surface area contributed by atoms with E-state index in [0.29, 0.717) is 11.6 Å². The van der Waals surface area contributed by atoms with E-state index in [1.807, 2.05) is 12.1 Å². The van der Waals surface area contributed by atoms with E-state index in [2.05, 4.69) is 0 Å². The Hall–Kier alpha value is -3.06. The highest BCUT2D eigenvalue weighted by Gasteiger charge is 2.14. The van der Waals surface area contributed by atoms with Crippen molar-refractivity contribution in [3.63, 3.8) is 0 Å². The van der Waals surface area contributed by atoms with E-state index >= 15 is 0 Å². The van der Waals surface area contributed by atoms with Crippen LogP contribution in [-0.4, -0.2) is 42.9 Å². The molecule has 2 aromatic carbocycles. The minimum absolute atomic E-state index is 0.157. The van der Waals surface area contributed by atoms with Gasteiger partial charge in [-0.2, -0.15) is 0 Å². The molecule has 2 amide bonds. The molecule has 0 atom stereocenters. The number of benzene rings is 2. The van der Waals surface area contributed by atoms with Crippen LogP contribution in [0.25, 0.3) is 0 Å². The quantitative estimate of drug-likeness (QED) is 0.695. The van der Waals surface area contributed by atoms with Gasteiger partial charge in [-0.3, -0.25) is 9.59 Å². The summed E-state index contributed by atoms with van der Waals surface area (Å²) in [5.74, 6) is -1.59. The summed E-state index contributed by atoms with van der Waals surface area (Å²) in [6, 6.07) is 13.3. The van der Waals surface area contributed by atoms with Crippen molar-refractivity contribution in [2.75, 3.05) is 20.3 Å². The molecule has 0 saturated heterocycles. The molecule has 0 radical (unpaired) electrons. The van der Waals surface area contributed by atoms with E-state index in [1.165, 1.54) is 17.0 Å². The fraction of sp³-hybridized carbons (Fsp3) is 0.211. The number of para-hydroxylation sites is 1. The Bertz CT molecular complexity index is 823. The summed E-state index contributed by atoms with van der Waals surface area (Å²) in [5, 5.41) is 0.611. The lowest BCUT2D eigenvalue weighted by atomic mass is 10.2. The van der Waals surface area contributed by atoms with Crippen LogP contribution < -0.4 is 10.5 Å². The molecule has 2 aromatic rings. The zero-order valence-corrected chi connectivity index (χ0v) is 15.4. The summed E-state index contributed by atoms with van der Waals surface area (Å²) >= 11 is 5.82. The summed E-state index contributed by atoms with van der Waals surface area (Å²) in [7, 11) is 1.60. The van der Waals surface area contributed by atoms with Crippen molar-refractivity contribution in [3.8, 4) is 5.75 Å². The summed E-state index contributed by atoms with van der Waals surface area (Å²) in [4.78, 5) is 36.6. The fourth-order valence-electron chi connectivity index (χ4n) is 2.18. The van der Waals surface area contributed by atoms with Crippen LogP contribution >= 0.6 is 11.6 Å². The third-order valence-electron chi connectivity index (χ3n) is 3.61. The van der Waals surface area contributed by atoms with Gasteiger partial charge in [0, 0.05) is 18.6 Å². The van der Waals surface area contributed by atoms with E-state index in [4.69, 9.17) is 26.8 Å². The molecule has 0 heterocycles. The summed E-state index contributed by atoms with van der Waals surface area (Å²) < 4.78 is 10.2. The van der Waals surface area contributed by atoms with E-state index in [-0.39, 0.29) is 17.2 Å². The molecular weight excluding hydrogens is 372 g/mol. The smallest absolute Gasteiger partial charge is 0.344 e. The normalized spacial score (nSPS) is 10.1. The Morgan fingerprint density at radius 1 is 1.04 bits per heavy atom. The predicted molar refractivity (Wildman–Crippen MR) is 99.3 cm³/mol. The van der Waals surface area contributed by atoms with Crippen molar-refractivity contribution in [2.24, 2.45) is 5.73 Å². The highest BCUT2D eigenvalue weighted by molar-refractivity contribution is 6.30. The van der Waals surface area contributed by atoms with Gasteiger partial charge in [-0.15, -0.1) is 0 Å². The lowest BCUT2D eigenvalue weighted by Gasteiger charge is -2.17. The number of amides is 2. The van der Waals surface area contributed by atoms with Crippen molar-refractivity contribution in [1.29, 1.82) is 0 Å². The minimum Gasteiger partial charge on any atom is -0.481 e. The minimum atomic E-state index is -0.734. The van der Waals surface area contributed by atoms with Gasteiger partial charge in [0.15, 0.2) is 13.2 Å². The molecule has 142 valence electrons. The van der Waals surface area contributed by atoms with Gasteiger partial charge < -0.3 is 20.1 Å². The number of esters is 1. The second kappa shape index (κ2) is 9.59. The second-order valence-electron chi connectivity index (χ2n) is 5.69. The van der Waals surface area contributed by atoms with Gasteiger partial charge in [0.25, 0.3) is 11.8 Å². The first-order valence-corrected chi connectivity index (χ1v) is 8.40. The van der Waals surface area contributed by atoms with Gasteiger partial charge in [-0.1, -0.05) is 35.9 Å². The fourth-order valence-corrected chi connectivity index (χ4v) is 2.30. The van der Waals surface area contributed by atoms with E-state index in [0.717, 1.165) is 5.56 Å². The van der Waals surface area contributed by atoms with Gasteiger partial charge in [0.1, 0.15) is 5.75 Å². The van der Waals surface area contributed by atoms with Crippen LogP contribution in [0.3, 0.4) is 0 Å². The Morgan fingerprint density at radius 3 is 2.37 bits per heavy atom. The first-order valence-electron chi connectivity index (χ1n) is 8.02. The number of hydrogen-bond acceptors (Lipinski definition) is 5. The number of ether oxygens (including phenoxy) is 2. The maximum absolute atomic E-state index is 12.1. The molecule has 0 fully saturated rings. The first kappa shape index (κ1) is 20.3. The standard InChI is InChI=1S/C19H19ClN2O5/c1-22(10-13-6-8-14(20)9-7-13)17(23)11-27-18(24)12-26-16-5-3-2-4-15(16)19(21)25/h2-9H,10-12H2,1H3,(H2,21,25). The third-order valence-corrected chi connectivity index (χ3v) is 3.87. The number of carbonyl (C=O) groups excluding carboxylic acids is 3. The van der Waals surface area contributed by atoms with Crippen LogP contribution in [0.5, 0.6) is 5.75 Å². The highest BCUT2D eigenvalue weighted by atomic mass is 35.5. The van der Waals surface area contributed by atoms with Gasteiger partial charge in [-0.25, -0.2) is 4.79 Å². The Labute approximate surface area is 161 Å². The second-order valence-corrected chi connectivity index (χ2v) is 6.12. The molecule has 0 bridgehead atoms. The molecule has 8 heteroatoms. The van der Waals surface area contributed by atoms with Crippen molar-refractivity contribution >= 4 is 29.4 Å². The Kier molecular flexibility index (Phi) is 7.19. The number of rotatable bonds is 8. The van der Waals surface area contributed by atoms with Crippen LogP contribution in [-0.2, 0) is 20.9 Å². The van der Waals surface area contributed by atoms with Crippen LogP contribution in [0.15, 0.2) is 48.5 Å². The number of primary amides is 1. The average Bonchev–Trinajstić information content (AvgIpc) is 2.66. The van der Waals surface area contributed by atoms with Crippen molar-refractivity contribution in [1.82, 2.24) is 4.90 Å². The summed E-state index contributed by atoms with van der Waals surface area (Å²) in [5.41, 5.74) is 6.28. The SMILES string of the molecule is CN(Cc1ccc(Cl)cc1)C(=O)COC(=O)COc1ccccc1C(N)=O. The molecule has 0 saturated carbocycles. The maximum atomic E-state index is 12.1. The number of hydrogen-bond donors (Lipinski definition) is 1. The average molecular weight is 391 g/mol. The largest absolute Gasteiger partial charge is 0.481 e. The van der Waals surface area contributed by atoms with Gasteiger partial charge in [-0.05, 0) is 29.8 Å². The number of nitrogens with two attached hydrogens (primary N) is 1. The van der Waals surface area contributed by atoms with E-state index < -0.39 is 25.1 Å². The van der Waals surface area contributed by atoms with Crippen molar-refractivity contribution < 1.29 is 23.9 Å². The number of likely N-dealkylation sites (N-methyl/N-ethyl adjacent to an activating group) is 1. The number of carbonyl (C=O) groups is 3. The van der Waals surface area contributed by atoms with Crippen molar-refractivity contribution in [3.05, 3.63) is 64.7 Å².